The van der Waals surface area contributed by atoms with Gasteiger partial charge in [-0.05, 0) is 37.9 Å². The number of nitro groups is 1. The monoisotopic (exact) mass is 261 g/mol. The molecule has 0 amide bonds. The number of aryl methyl sites for hydroxylation is 2. The number of benzene rings is 1. The Kier molecular flexibility index (Phi) is 3.86. The zero-order valence-electron chi connectivity index (χ0n) is 10.6. The number of rotatable bonds is 5. The Morgan fingerprint density at radius 1 is 1.47 bits per heavy atom. The van der Waals surface area contributed by atoms with E-state index in [-0.39, 0.29) is 5.69 Å². The van der Waals surface area contributed by atoms with Crippen LogP contribution in [0.5, 0.6) is 0 Å². The van der Waals surface area contributed by atoms with Gasteiger partial charge in [-0.2, -0.15) is 0 Å². The van der Waals surface area contributed by atoms with E-state index < -0.39 is 4.92 Å². The van der Waals surface area contributed by atoms with Crippen LogP contribution in [0.25, 0.3) is 5.69 Å². The van der Waals surface area contributed by atoms with Crippen molar-refractivity contribution in [2.24, 2.45) is 5.73 Å². The lowest BCUT2D eigenvalue weighted by molar-refractivity contribution is -0.384. The molecule has 19 heavy (non-hydrogen) atoms. The molecule has 0 aliphatic heterocycles. The minimum atomic E-state index is -0.413. The molecule has 2 rings (SSSR count). The van der Waals surface area contributed by atoms with E-state index in [2.05, 4.69) is 10.3 Å². The van der Waals surface area contributed by atoms with Crippen LogP contribution in [-0.2, 0) is 6.42 Å². The molecule has 0 radical (unpaired) electrons. The van der Waals surface area contributed by atoms with E-state index in [0.29, 0.717) is 12.2 Å². The molecule has 0 saturated carbocycles. The van der Waals surface area contributed by atoms with Crippen molar-refractivity contribution in [3.63, 3.8) is 0 Å². The van der Waals surface area contributed by atoms with Crippen molar-refractivity contribution in [1.82, 2.24) is 15.0 Å². The van der Waals surface area contributed by atoms with Crippen LogP contribution in [0, 0.1) is 17.0 Å². The Labute approximate surface area is 110 Å². The van der Waals surface area contributed by atoms with Gasteiger partial charge >= 0.3 is 0 Å². The van der Waals surface area contributed by atoms with E-state index in [9.17, 15) is 10.1 Å². The number of hydrogen-bond acceptors (Lipinski definition) is 5. The third-order valence-corrected chi connectivity index (χ3v) is 2.75. The first-order valence-electron chi connectivity index (χ1n) is 5.98. The SMILES string of the molecule is Cc1ccc(-n2cc(CCCN)nn2)c([N+](=O)[O-])c1. The Morgan fingerprint density at radius 2 is 2.26 bits per heavy atom. The van der Waals surface area contributed by atoms with Crippen molar-refractivity contribution in [1.29, 1.82) is 0 Å². The highest BCUT2D eigenvalue weighted by Gasteiger charge is 2.16. The van der Waals surface area contributed by atoms with Gasteiger partial charge in [0.2, 0.25) is 0 Å². The van der Waals surface area contributed by atoms with E-state index in [4.69, 9.17) is 5.73 Å². The molecule has 0 fully saturated rings. The van der Waals surface area contributed by atoms with Crippen LogP contribution in [0.4, 0.5) is 5.69 Å². The Balaban J connectivity index is 2.36. The molecule has 7 nitrogen and oxygen atoms in total. The Hall–Kier alpha value is -2.28. The van der Waals surface area contributed by atoms with Gasteiger partial charge in [0.05, 0.1) is 16.8 Å². The number of nitro benzene ring substituents is 1. The van der Waals surface area contributed by atoms with Crippen LogP contribution in [0.3, 0.4) is 0 Å². The van der Waals surface area contributed by atoms with Gasteiger partial charge in [-0.25, -0.2) is 4.68 Å². The standard InChI is InChI=1S/C12H15N5O2/c1-9-4-5-11(12(7-9)17(18)19)16-8-10(14-15-16)3-2-6-13/h4-5,7-8H,2-3,6,13H2,1H3. The molecule has 2 aromatic rings. The van der Waals surface area contributed by atoms with Gasteiger partial charge in [-0.3, -0.25) is 10.1 Å². The van der Waals surface area contributed by atoms with Crippen molar-refractivity contribution >= 4 is 5.69 Å². The largest absolute Gasteiger partial charge is 0.330 e. The van der Waals surface area contributed by atoms with E-state index >= 15 is 0 Å². The number of nitrogens with zero attached hydrogens (tertiary/aromatic N) is 4. The number of hydrogen-bond donors (Lipinski definition) is 1. The first-order chi connectivity index (χ1) is 9.11. The highest BCUT2D eigenvalue weighted by Crippen LogP contribution is 2.23. The molecular weight excluding hydrogens is 246 g/mol. The second kappa shape index (κ2) is 5.57. The summed E-state index contributed by atoms with van der Waals surface area (Å²) in [6.45, 7) is 2.39. The number of aromatic nitrogens is 3. The molecule has 0 aliphatic rings. The zero-order chi connectivity index (χ0) is 13.8. The van der Waals surface area contributed by atoms with Gasteiger partial charge in [0.25, 0.3) is 5.69 Å². The van der Waals surface area contributed by atoms with E-state index in [1.165, 1.54) is 10.7 Å². The van der Waals surface area contributed by atoms with Crippen molar-refractivity contribution in [3.05, 3.63) is 45.8 Å². The summed E-state index contributed by atoms with van der Waals surface area (Å²) in [6, 6.07) is 5.01. The molecule has 0 bridgehead atoms. The molecule has 100 valence electrons. The van der Waals surface area contributed by atoms with E-state index in [1.54, 1.807) is 12.3 Å². The fourth-order valence-corrected chi connectivity index (χ4v) is 1.79. The molecule has 0 atom stereocenters. The molecule has 1 heterocycles. The topological polar surface area (TPSA) is 99.9 Å². The van der Waals surface area contributed by atoms with Crippen molar-refractivity contribution in [2.45, 2.75) is 19.8 Å². The lowest BCUT2D eigenvalue weighted by atomic mass is 10.2. The summed E-state index contributed by atoms with van der Waals surface area (Å²) in [5.74, 6) is 0. The van der Waals surface area contributed by atoms with Gasteiger partial charge in [-0.1, -0.05) is 11.3 Å². The van der Waals surface area contributed by atoms with Crippen LogP contribution in [0.1, 0.15) is 17.7 Å². The fraction of sp³-hybridized carbons (Fsp3) is 0.333. The molecule has 0 spiro atoms. The second-order valence-electron chi connectivity index (χ2n) is 4.30. The van der Waals surface area contributed by atoms with Gasteiger partial charge < -0.3 is 5.73 Å². The lowest BCUT2D eigenvalue weighted by Gasteiger charge is -2.02. The summed E-state index contributed by atoms with van der Waals surface area (Å²) >= 11 is 0. The minimum absolute atomic E-state index is 0.0234. The highest BCUT2D eigenvalue weighted by molar-refractivity contribution is 5.53. The highest BCUT2D eigenvalue weighted by atomic mass is 16.6. The zero-order valence-corrected chi connectivity index (χ0v) is 10.6. The fourth-order valence-electron chi connectivity index (χ4n) is 1.79. The third kappa shape index (κ3) is 2.94. The summed E-state index contributed by atoms with van der Waals surface area (Å²) in [4.78, 5) is 10.6. The van der Waals surface area contributed by atoms with Crippen LogP contribution >= 0.6 is 0 Å². The van der Waals surface area contributed by atoms with Gasteiger partial charge in [0, 0.05) is 6.07 Å². The molecular formula is C12H15N5O2. The molecule has 2 N–H and O–H groups in total. The van der Waals surface area contributed by atoms with Gasteiger partial charge in [-0.15, -0.1) is 5.10 Å². The predicted molar refractivity (Wildman–Crippen MR) is 70.1 cm³/mol. The lowest BCUT2D eigenvalue weighted by Crippen LogP contribution is -2.01. The van der Waals surface area contributed by atoms with Gasteiger partial charge in [0.1, 0.15) is 5.69 Å². The Bertz CT molecular complexity index is 594. The average Bonchev–Trinajstić information content (AvgIpc) is 2.84. The van der Waals surface area contributed by atoms with Crippen molar-refractivity contribution < 1.29 is 4.92 Å². The minimum Gasteiger partial charge on any atom is -0.330 e. The van der Waals surface area contributed by atoms with E-state index in [0.717, 1.165) is 24.1 Å². The first-order valence-corrected chi connectivity index (χ1v) is 5.98. The molecule has 0 saturated heterocycles. The average molecular weight is 261 g/mol. The van der Waals surface area contributed by atoms with E-state index in [1.807, 2.05) is 13.0 Å². The Morgan fingerprint density at radius 3 is 2.95 bits per heavy atom. The number of nitrogens with two attached hydrogens (primary N) is 1. The molecule has 7 heteroatoms. The molecule has 0 aliphatic carbocycles. The maximum atomic E-state index is 11.1. The summed E-state index contributed by atoms with van der Waals surface area (Å²) in [6.07, 6.45) is 3.23. The van der Waals surface area contributed by atoms with Gasteiger partial charge in [0.15, 0.2) is 0 Å². The quantitative estimate of drug-likeness (QED) is 0.647. The van der Waals surface area contributed by atoms with Crippen LogP contribution in [0.2, 0.25) is 0 Å². The normalized spacial score (nSPS) is 10.6. The van der Waals surface area contributed by atoms with Crippen LogP contribution < -0.4 is 5.73 Å². The summed E-state index contributed by atoms with van der Waals surface area (Å²) in [7, 11) is 0. The van der Waals surface area contributed by atoms with Crippen LogP contribution in [0.15, 0.2) is 24.4 Å². The first kappa shape index (κ1) is 13.2. The predicted octanol–water partition coefficient (Wildman–Crippen LogP) is 1.38. The smallest absolute Gasteiger partial charge is 0.295 e. The second-order valence-corrected chi connectivity index (χ2v) is 4.30. The molecule has 0 unspecified atom stereocenters. The summed E-state index contributed by atoms with van der Waals surface area (Å²) in [5, 5.41) is 19.0. The maximum absolute atomic E-state index is 11.1. The maximum Gasteiger partial charge on any atom is 0.295 e. The molecule has 1 aromatic carbocycles. The summed E-state index contributed by atoms with van der Waals surface area (Å²) in [5.41, 5.74) is 7.48. The van der Waals surface area contributed by atoms with Crippen molar-refractivity contribution in [2.75, 3.05) is 6.54 Å². The third-order valence-electron chi connectivity index (χ3n) is 2.75. The molecule has 1 aromatic heterocycles. The summed E-state index contributed by atoms with van der Waals surface area (Å²) < 4.78 is 1.43. The van der Waals surface area contributed by atoms with Crippen molar-refractivity contribution in [3.8, 4) is 5.69 Å². The van der Waals surface area contributed by atoms with Crippen LogP contribution in [-0.4, -0.2) is 26.5 Å².